The van der Waals surface area contributed by atoms with Crippen LogP contribution in [-0.2, 0) is 11.3 Å². The van der Waals surface area contributed by atoms with Crippen molar-refractivity contribution < 1.29 is 14.3 Å². The molecular formula is C24H24ClN5O3S2. The minimum Gasteiger partial charge on any atom is -0.497 e. The Morgan fingerprint density at radius 2 is 1.86 bits per heavy atom. The molecule has 11 heteroatoms. The van der Waals surface area contributed by atoms with E-state index in [1.165, 1.54) is 23.1 Å². The van der Waals surface area contributed by atoms with Gasteiger partial charge in [0.2, 0.25) is 5.91 Å². The van der Waals surface area contributed by atoms with Crippen LogP contribution in [0.15, 0.2) is 59.1 Å². The van der Waals surface area contributed by atoms with Crippen LogP contribution in [0.5, 0.6) is 11.5 Å². The molecule has 0 radical (unpaired) electrons. The Hall–Kier alpha value is -3.08. The third kappa shape index (κ3) is 6.33. The van der Waals surface area contributed by atoms with Gasteiger partial charge < -0.3 is 19.4 Å². The van der Waals surface area contributed by atoms with Crippen molar-refractivity contribution in [2.75, 3.05) is 18.2 Å². The van der Waals surface area contributed by atoms with E-state index in [9.17, 15) is 4.79 Å². The summed E-state index contributed by atoms with van der Waals surface area (Å²) in [5.74, 6) is 2.18. The van der Waals surface area contributed by atoms with Gasteiger partial charge in [-0.2, -0.15) is 0 Å². The van der Waals surface area contributed by atoms with Gasteiger partial charge in [0, 0.05) is 22.5 Å². The maximum absolute atomic E-state index is 12.5. The molecule has 35 heavy (non-hydrogen) atoms. The molecule has 2 aromatic heterocycles. The molecule has 1 unspecified atom stereocenters. The highest BCUT2D eigenvalue weighted by Gasteiger charge is 2.20. The van der Waals surface area contributed by atoms with Gasteiger partial charge in [-0.25, -0.2) is 4.98 Å². The molecule has 182 valence electrons. The number of nitrogens with zero attached hydrogens (tertiary/aromatic N) is 4. The van der Waals surface area contributed by atoms with Crippen molar-refractivity contribution in [1.82, 2.24) is 19.7 Å². The van der Waals surface area contributed by atoms with Crippen molar-refractivity contribution in [3.8, 4) is 22.8 Å². The van der Waals surface area contributed by atoms with Crippen LogP contribution in [-0.4, -0.2) is 38.5 Å². The van der Waals surface area contributed by atoms with Gasteiger partial charge in [-0.05, 0) is 50.2 Å². The van der Waals surface area contributed by atoms with E-state index in [0.29, 0.717) is 33.4 Å². The molecule has 1 N–H and O–H groups in total. The topological polar surface area (TPSA) is 91.2 Å². The lowest BCUT2D eigenvalue weighted by Crippen LogP contribution is -2.15. The van der Waals surface area contributed by atoms with E-state index in [-0.39, 0.29) is 17.8 Å². The van der Waals surface area contributed by atoms with E-state index in [1.54, 1.807) is 7.11 Å². The van der Waals surface area contributed by atoms with Gasteiger partial charge in [0.05, 0.1) is 18.6 Å². The van der Waals surface area contributed by atoms with E-state index < -0.39 is 0 Å². The first-order valence-electron chi connectivity index (χ1n) is 10.8. The summed E-state index contributed by atoms with van der Waals surface area (Å²) in [5, 5.41) is 15.2. The quantitative estimate of drug-likeness (QED) is 0.254. The number of amides is 1. The zero-order chi connectivity index (χ0) is 24.8. The largest absolute Gasteiger partial charge is 0.497 e. The van der Waals surface area contributed by atoms with Crippen LogP contribution >= 0.6 is 34.7 Å². The summed E-state index contributed by atoms with van der Waals surface area (Å²) in [4.78, 5) is 17.0. The van der Waals surface area contributed by atoms with Crippen LogP contribution in [0.1, 0.15) is 25.8 Å². The molecule has 4 rings (SSSR count). The number of rotatable bonds is 10. The van der Waals surface area contributed by atoms with Crippen molar-refractivity contribution >= 4 is 45.7 Å². The SMILES string of the molecule is CCn1c(SCC(=O)Nc2nc(-c3ccc(Cl)cc3)cs2)nnc1C(C)Oc1ccc(OC)cc1. The fourth-order valence-corrected chi connectivity index (χ4v) is 4.96. The summed E-state index contributed by atoms with van der Waals surface area (Å²) in [6.45, 7) is 4.58. The molecular weight excluding hydrogens is 506 g/mol. The fraction of sp³-hybridized carbons (Fsp3) is 0.250. The molecule has 1 amide bonds. The number of hydrogen-bond donors (Lipinski definition) is 1. The smallest absolute Gasteiger partial charge is 0.236 e. The Balaban J connectivity index is 1.34. The maximum Gasteiger partial charge on any atom is 0.236 e. The zero-order valence-corrected chi connectivity index (χ0v) is 21.8. The number of thioether (sulfide) groups is 1. The third-order valence-electron chi connectivity index (χ3n) is 5.02. The average Bonchev–Trinajstić information content (AvgIpc) is 3.50. The Morgan fingerprint density at radius 1 is 1.14 bits per heavy atom. The van der Waals surface area contributed by atoms with Crippen molar-refractivity contribution in [2.45, 2.75) is 31.7 Å². The van der Waals surface area contributed by atoms with Gasteiger partial charge in [0.15, 0.2) is 22.2 Å². The van der Waals surface area contributed by atoms with Crippen LogP contribution in [0.25, 0.3) is 11.3 Å². The lowest BCUT2D eigenvalue weighted by molar-refractivity contribution is -0.113. The first-order valence-corrected chi connectivity index (χ1v) is 13.1. The van der Waals surface area contributed by atoms with Crippen LogP contribution in [0.3, 0.4) is 0 Å². The molecule has 0 fully saturated rings. The number of ether oxygens (including phenoxy) is 2. The molecule has 8 nitrogen and oxygen atoms in total. The van der Waals surface area contributed by atoms with E-state index in [4.69, 9.17) is 21.1 Å². The van der Waals surface area contributed by atoms with Crippen molar-refractivity contribution in [1.29, 1.82) is 0 Å². The molecule has 2 aromatic carbocycles. The molecule has 0 spiro atoms. The second-order valence-electron chi connectivity index (χ2n) is 7.40. The van der Waals surface area contributed by atoms with Crippen LogP contribution in [0.2, 0.25) is 5.02 Å². The Morgan fingerprint density at radius 3 is 2.54 bits per heavy atom. The Labute approximate surface area is 216 Å². The third-order valence-corrected chi connectivity index (χ3v) is 7.00. The summed E-state index contributed by atoms with van der Waals surface area (Å²) >= 11 is 8.64. The number of methoxy groups -OCH3 is 1. The second-order valence-corrected chi connectivity index (χ2v) is 9.64. The molecule has 0 aliphatic carbocycles. The number of aromatic nitrogens is 4. The number of carbonyl (C=O) groups excluding carboxylic acids is 1. The Bertz CT molecular complexity index is 1280. The minimum atomic E-state index is -0.319. The molecule has 0 saturated heterocycles. The van der Waals surface area contributed by atoms with E-state index in [1.807, 2.05) is 72.3 Å². The zero-order valence-electron chi connectivity index (χ0n) is 19.4. The molecule has 1 atom stereocenters. The summed E-state index contributed by atoms with van der Waals surface area (Å²) in [6, 6.07) is 14.8. The predicted octanol–water partition coefficient (Wildman–Crippen LogP) is 5.95. The first-order chi connectivity index (χ1) is 17.0. The highest BCUT2D eigenvalue weighted by molar-refractivity contribution is 7.99. The fourth-order valence-electron chi connectivity index (χ4n) is 3.29. The summed E-state index contributed by atoms with van der Waals surface area (Å²) in [5.41, 5.74) is 1.73. The number of benzene rings is 2. The lowest BCUT2D eigenvalue weighted by Gasteiger charge is -2.15. The van der Waals surface area contributed by atoms with Crippen LogP contribution in [0.4, 0.5) is 5.13 Å². The number of halogens is 1. The molecule has 4 aromatic rings. The molecule has 0 bridgehead atoms. The summed E-state index contributed by atoms with van der Waals surface area (Å²) < 4.78 is 13.2. The first kappa shape index (κ1) is 25.0. The van der Waals surface area contributed by atoms with Crippen LogP contribution < -0.4 is 14.8 Å². The van der Waals surface area contributed by atoms with Gasteiger partial charge in [0.1, 0.15) is 11.5 Å². The highest BCUT2D eigenvalue weighted by atomic mass is 35.5. The molecule has 0 saturated carbocycles. The number of hydrogen-bond acceptors (Lipinski definition) is 8. The van der Waals surface area contributed by atoms with E-state index in [2.05, 4.69) is 20.5 Å². The van der Waals surface area contributed by atoms with Gasteiger partial charge >= 0.3 is 0 Å². The standard InChI is InChI=1S/C24H24ClN5O3S2/c1-4-30-22(15(2)33-19-11-9-18(32-3)10-12-19)28-29-24(30)35-14-21(31)27-23-26-20(13-34-23)16-5-7-17(25)8-6-16/h5-13,15H,4,14H2,1-3H3,(H,26,27,31). The van der Waals surface area contributed by atoms with Crippen LogP contribution in [0, 0.1) is 0 Å². The van der Waals surface area contributed by atoms with E-state index >= 15 is 0 Å². The maximum atomic E-state index is 12.5. The highest BCUT2D eigenvalue weighted by Crippen LogP contribution is 2.28. The van der Waals surface area contributed by atoms with Crippen molar-refractivity contribution in [3.63, 3.8) is 0 Å². The van der Waals surface area contributed by atoms with Gasteiger partial charge in [0.25, 0.3) is 0 Å². The molecule has 0 aliphatic rings. The predicted molar refractivity (Wildman–Crippen MR) is 140 cm³/mol. The van der Waals surface area contributed by atoms with Crippen molar-refractivity contribution in [2.24, 2.45) is 0 Å². The van der Waals surface area contributed by atoms with E-state index in [0.717, 1.165) is 17.0 Å². The molecule has 0 aliphatic heterocycles. The minimum absolute atomic E-state index is 0.165. The second kappa shape index (κ2) is 11.6. The lowest BCUT2D eigenvalue weighted by atomic mass is 10.2. The number of thiazole rings is 1. The van der Waals surface area contributed by atoms with Gasteiger partial charge in [-0.15, -0.1) is 21.5 Å². The van der Waals surface area contributed by atoms with Crippen molar-refractivity contribution in [3.05, 3.63) is 64.8 Å². The summed E-state index contributed by atoms with van der Waals surface area (Å²) in [7, 11) is 1.62. The number of nitrogens with one attached hydrogen (secondary N) is 1. The average molecular weight is 530 g/mol. The van der Waals surface area contributed by atoms with Gasteiger partial charge in [-0.3, -0.25) is 4.79 Å². The number of anilines is 1. The number of carbonyl (C=O) groups is 1. The Kier molecular flexibility index (Phi) is 8.27. The molecule has 2 heterocycles. The normalized spacial score (nSPS) is 11.8. The summed E-state index contributed by atoms with van der Waals surface area (Å²) in [6.07, 6.45) is -0.319. The monoisotopic (exact) mass is 529 g/mol. The van der Waals surface area contributed by atoms with Gasteiger partial charge in [-0.1, -0.05) is 35.5 Å².